The first kappa shape index (κ1) is 16.8. The molecule has 0 radical (unpaired) electrons. The molecule has 0 bridgehead atoms. The number of rotatable bonds is 2. The molecule has 3 heterocycles. The van der Waals surface area contributed by atoms with E-state index in [2.05, 4.69) is 37.2 Å². The van der Waals surface area contributed by atoms with Crippen LogP contribution in [-0.4, -0.2) is 40.4 Å². The number of aromatic nitrogens is 2. The molecule has 2 saturated heterocycles. The van der Waals surface area contributed by atoms with Gasteiger partial charge in [0, 0.05) is 43.4 Å². The van der Waals surface area contributed by atoms with Crippen molar-refractivity contribution in [2.45, 2.75) is 51.6 Å². The number of nitrogens with zero attached hydrogens (tertiary/aromatic N) is 3. The van der Waals surface area contributed by atoms with Gasteiger partial charge in [0.25, 0.3) is 0 Å². The monoisotopic (exact) mass is 312 g/mol. The molecule has 0 aromatic carbocycles. The highest BCUT2D eigenvalue weighted by Crippen LogP contribution is 2.28. The minimum atomic E-state index is 0. The van der Waals surface area contributed by atoms with E-state index in [0.717, 1.165) is 18.5 Å². The molecule has 120 valence electrons. The van der Waals surface area contributed by atoms with E-state index in [1.165, 1.54) is 43.7 Å². The second kappa shape index (κ2) is 6.27. The second-order valence-corrected chi connectivity index (χ2v) is 7.56. The van der Waals surface area contributed by atoms with Crippen molar-refractivity contribution in [2.24, 2.45) is 13.0 Å². The van der Waals surface area contributed by atoms with Gasteiger partial charge in [-0.25, -0.2) is 0 Å². The Kier molecular flexibility index (Phi) is 5.01. The quantitative estimate of drug-likeness (QED) is 0.910. The molecule has 2 aliphatic rings. The summed E-state index contributed by atoms with van der Waals surface area (Å²) in [6.45, 7) is 11.5. The molecule has 2 fully saturated rings. The van der Waals surface area contributed by atoms with Crippen molar-refractivity contribution < 1.29 is 0 Å². The topological polar surface area (TPSA) is 33.1 Å². The summed E-state index contributed by atoms with van der Waals surface area (Å²) in [4.78, 5) is 2.63. The first-order valence-electron chi connectivity index (χ1n) is 7.92. The van der Waals surface area contributed by atoms with Crippen molar-refractivity contribution >= 4 is 12.4 Å². The van der Waals surface area contributed by atoms with Crippen LogP contribution in [0.25, 0.3) is 0 Å². The van der Waals surface area contributed by atoms with Gasteiger partial charge in [-0.1, -0.05) is 20.8 Å². The smallest absolute Gasteiger partial charge is 0.0722 e. The Morgan fingerprint density at radius 3 is 2.81 bits per heavy atom. The standard InChI is InChI=1S/C16H28N4.ClH/c1-16(2,3)15-13(9-19(4)18-15)11-20-8-6-14-12(10-20)5-7-17-14;/h9,12,14,17H,5-8,10-11H2,1-4H3;1H. The number of aryl methyl sites for hydroxylation is 1. The predicted octanol–water partition coefficient (Wildman–Crippen LogP) is 2.32. The van der Waals surface area contributed by atoms with E-state index in [1.807, 2.05) is 11.7 Å². The molecule has 0 saturated carbocycles. The van der Waals surface area contributed by atoms with Gasteiger partial charge < -0.3 is 5.32 Å². The maximum absolute atomic E-state index is 4.69. The summed E-state index contributed by atoms with van der Waals surface area (Å²) < 4.78 is 1.97. The summed E-state index contributed by atoms with van der Waals surface area (Å²) in [6.07, 6.45) is 4.86. The van der Waals surface area contributed by atoms with Crippen LogP contribution in [0.1, 0.15) is 44.9 Å². The molecule has 1 N–H and O–H groups in total. The molecule has 2 atom stereocenters. The van der Waals surface area contributed by atoms with Crippen molar-refractivity contribution in [3.05, 3.63) is 17.5 Å². The van der Waals surface area contributed by atoms with Gasteiger partial charge in [0.05, 0.1) is 5.69 Å². The number of piperidine rings is 1. The summed E-state index contributed by atoms with van der Waals surface area (Å²) in [6, 6.07) is 0.780. The fraction of sp³-hybridized carbons (Fsp3) is 0.812. The van der Waals surface area contributed by atoms with E-state index in [9.17, 15) is 0 Å². The van der Waals surface area contributed by atoms with Gasteiger partial charge >= 0.3 is 0 Å². The lowest BCUT2D eigenvalue weighted by Crippen LogP contribution is -2.44. The lowest BCUT2D eigenvalue weighted by molar-refractivity contribution is 0.155. The third-order valence-electron chi connectivity index (χ3n) is 4.75. The third kappa shape index (κ3) is 3.61. The van der Waals surface area contributed by atoms with Crippen molar-refractivity contribution in [3.8, 4) is 0 Å². The van der Waals surface area contributed by atoms with Gasteiger partial charge in [0.1, 0.15) is 0 Å². The van der Waals surface area contributed by atoms with Crippen LogP contribution >= 0.6 is 12.4 Å². The average molecular weight is 313 g/mol. The number of likely N-dealkylation sites (tertiary alicyclic amines) is 1. The third-order valence-corrected chi connectivity index (χ3v) is 4.75. The highest BCUT2D eigenvalue weighted by atomic mass is 35.5. The van der Waals surface area contributed by atoms with Crippen LogP contribution in [0.4, 0.5) is 0 Å². The zero-order valence-corrected chi connectivity index (χ0v) is 14.5. The summed E-state index contributed by atoms with van der Waals surface area (Å²) in [5, 5.41) is 8.33. The highest BCUT2D eigenvalue weighted by molar-refractivity contribution is 5.85. The fourth-order valence-corrected chi connectivity index (χ4v) is 3.79. The van der Waals surface area contributed by atoms with Crippen LogP contribution < -0.4 is 5.32 Å². The minimum Gasteiger partial charge on any atom is -0.314 e. The van der Waals surface area contributed by atoms with Crippen LogP contribution in [0.2, 0.25) is 0 Å². The molecular formula is C16H29ClN4. The summed E-state index contributed by atoms with van der Waals surface area (Å²) in [5.74, 6) is 0.860. The van der Waals surface area contributed by atoms with Gasteiger partial charge in [-0.3, -0.25) is 9.58 Å². The number of hydrogen-bond acceptors (Lipinski definition) is 3. The largest absolute Gasteiger partial charge is 0.314 e. The Hall–Kier alpha value is -0.580. The van der Waals surface area contributed by atoms with Gasteiger partial charge in [-0.2, -0.15) is 5.10 Å². The van der Waals surface area contributed by atoms with E-state index < -0.39 is 0 Å². The zero-order valence-electron chi connectivity index (χ0n) is 13.7. The maximum Gasteiger partial charge on any atom is 0.0722 e. The van der Waals surface area contributed by atoms with Crippen LogP contribution in [0, 0.1) is 5.92 Å². The summed E-state index contributed by atoms with van der Waals surface area (Å²) in [5.41, 5.74) is 2.79. The number of fused-ring (bicyclic) bond motifs is 1. The average Bonchev–Trinajstić information content (AvgIpc) is 2.94. The minimum absolute atomic E-state index is 0. The van der Waals surface area contributed by atoms with E-state index in [0.29, 0.717) is 0 Å². The molecule has 21 heavy (non-hydrogen) atoms. The lowest BCUT2D eigenvalue weighted by atomic mass is 9.88. The van der Waals surface area contributed by atoms with Crippen LogP contribution in [0.15, 0.2) is 6.20 Å². The number of halogens is 1. The van der Waals surface area contributed by atoms with E-state index in [1.54, 1.807) is 0 Å². The number of nitrogens with one attached hydrogen (secondary N) is 1. The summed E-state index contributed by atoms with van der Waals surface area (Å²) >= 11 is 0. The molecular weight excluding hydrogens is 284 g/mol. The molecule has 1 aromatic rings. The first-order chi connectivity index (χ1) is 9.43. The predicted molar refractivity (Wildman–Crippen MR) is 88.9 cm³/mol. The van der Waals surface area contributed by atoms with E-state index >= 15 is 0 Å². The Labute approximate surface area is 134 Å². The van der Waals surface area contributed by atoms with Crippen molar-refractivity contribution in [1.29, 1.82) is 0 Å². The Balaban J connectivity index is 0.00000161. The van der Waals surface area contributed by atoms with Crippen LogP contribution in [0.5, 0.6) is 0 Å². The Morgan fingerprint density at radius 2 is 2.10 bits per heavy atom. The van der Waals surface area contributed by atoms with Gasteiger partial charge in [0.2, 0.25) is 0 Å². The van der Waals surface area contributed by atoms with Gasteiger partial charge in [-0.05, 0) is 31.8 Å². The van der Waals surface area contributed by atoms with E-state index in [4.69, 9.17) is 5.10 Å². The van der Waals surface area contributed by atoms with Gasteiger partial charge in [0.15, 0.2) is 0 Å². The van der Waals surface area contributed by atoms with Gasteiger partial charge in [-0.15, -0.1) is 12.4 Å². The zero-order chi connectivity index (χ0) is 14.3. The molecule has 1 aromatic heterocycles. The lowest BCUT2D eigenvalue weighted by Gasteiger charge is -2.35. The van der Waals surface area contributed by atoms with Crippen LogP contribution in [-0.2, 0) is 19.0 Å². The Bertz CT molecular complexity index is 477. The molecule has 4 nitrogen and oxygen atoms in total. The highest BCUT2D eigenvalue weighted by Gasteiger charge is 2.33. The molecule has 0 spiro atoms. The summed E-state index contributed by atoms with van der Waals surface area (Å²) in [7, 11) is 2.03. The fourth-order valence-electron chi connectivity index (χ4n) is 3.79. The number of hydrogen-bond donors (Lipinski definition) is 1. The normalized spacial score (nSPS) is 26.5. The Morgan fingerprint density at radius 1 is 1.33 bits per heavy atom. The van der Waals surface area contributed by atoms with Crippen molar-refractivity contribution in [2.75, 3.05) is 19.6 Å². The van der Waals surface area contributed by atoms with Crippen molar-refractivity contribution in [1.82, 2.24) is 20.0 Å². The second-order valence-electron chi connectivity index (χ2n) is 7.56. The molecule has 2 aliphatic heterocycles. The molecule has 5 heteroatoms. The van der Waals surface area contributed by atoms with E-state index in [-0.39, 0.29) is 17.8 Å². The molecule has 3 rings (SSSR count). The molecule has 0 amide bonds. The van der Waals surface area contributed by atoms with Crippen LogP contribution in [0.3, 0.4) is 0 Å². The maximum atomic E-state index is 4.69. The SMILES string of the molecule is Cl.Cn1cc(CN2CCC3NCCC3C2)c(C(C)(C)C)n1. The molecule has 2 unspecified atom stereocenters. The van der Waals surface area contributed by atoms with Crippen molar-refractivity contribution in [3.63, 3.8) is 0 Å². The molecule has 0 aliphatic carbocycles. The first-order valence-corrected chi connectivity index (χ1v) is 7.92.